The van der Waals surface area contributed by atoms with Gasteiger partial charge in [0.1, 0.15) is 0 Å². The van der Waals surface area contributed by atoms with Gasteiger partial charge < -0.3 is 10.4 Å². The molecule has 20 heavy (non-hydrogen) atoms. The summed E-state index contributed by atoms with van der Waals surface area (Å²) in [5, 5.41) is 13.5. The van der Waals surface area contributed by atoms with Gasteiger partial charge in [0, 0.05) is 11.0 Å². The summed E-state index contributed by atoms with van der Waals surface area (Å²) in [6, 6.07) is 1.80. The molecule has 1 aliphatic heterocycles. The van der Waals surface area contributed by atoms with Crippen LogP contribution in [0.5, 0.6) is 0 Å². The average molecular weight is 315 g/mol. The number of carbonyl (C=O) groups excluding carboxylic acids is 1. The highest BCUT2D eigenvalue weighted by Gasteiger charge is 2.38. The third-order valence-corrected chi connectivity index (χ3v) is 6.03. The third-order valence-electron chi connectivity index (χ3n) is 3.18. The first-order valence-electron chi connectivity index (χ1n) is 6.21. The maximum absolute atomic E-state index is 11.8. The van der Waals surface area contributed by atoms with Crippen molar-refractivity contribution in [2.45, 2.75) is 25.5 Å². The highest BCUT2D eigenvalue weighted by atomic mass is 32.2. The fourth-order valence-electron chi connectivity index (χ4n) is 2.17. The van der Waals surface area contributed by atoms with Gasteiger partial charge in [0.2, 0.25) is 5.91 Å². The molecule has 1 unspecified atom stereocenters. The number of aliphatic hydroxyl groups excluding tert-OH is 1. The Morgan fingerprint density at radius 3 is 2.90 bits per heavy atom. The molecule has 5 nitrogen and oxygen atoms in total. The fraction of sp³-hybridized carbons (Fsp3) is 0.462. The highest BCUT2D eigenvalue weighted by Crippen LogP contribution is 2.23. The molecule has 0 bridgehead atoms. The maximum Gasteiger partial charge on any atom is 0.244 e. The predicted molar refractivity (Wildman–Crippen MR) is 79.1 cm³/mol. The Bertz CT molecular complexity index is 633. The molecular weight excluding hydrogens is 298 g/mol. The topological polar surface area (TPSA) is 83.5 Å². The maximum atomic E-state index is 11.8. The molecule has 1 aliphatic rings. The number of carbonyl (C=O) groups is 1. The van der Waals surface area contributed by atoms with E-state index in [9.17, 15) is 13.2 Å². The number of rotatable bonds is 4. The minimum Gasteiger partial charge on any atom is -0.392 e. The first-order valence-corrected chi connectivity index (χ1v) is 8.91. The SMILES string of the molecule is CC1(NC(=O)/C=C/c2cc(CO)cs2)CCS(=O)(=O)C1. The van der Waals surface area contributed by atoms with E-state index in [0.29, 0.717) is 6.42 Å². The van der Waals surface area contributed by atoms with Crippen LogP contribution in [0.15, 0.2) is 17.5 Å². The van der Waals surface area contributed by atoms with E-state index in [4.69, 9.17) is 5.11 Å². The molecule has 0 radical (unpaired) electrons. The second-order valence-electron chi connectivity index (χ2n) is 5.24. The molecular formula is C13H17NO4S2. The van der Waals surface area contributed by atoms with Gasteiger partial charge in [-0.05, 0) is 36.4 Å². The Morgan fingerprint density at radius 1 is 1.60 bits per heavy atom. The van der Waals surface area contributed by atoms with E-state index in [0.717, 1.165) is 10.4 Å². The van der Waals surface area contributed by atoms with Gasteiger partial charge in [-0.3, -0.25) is 4.79 Å². The van der Waals surface area contributed by atoms with E-state index < -0.39 is 15.4 Å². The Balaban J connectivity index is 1.96. The van der Waals surface area contributed by atoms with E-state index in [-0.39, 0.29) is 24.0 Å². The molecule has 2 rings (SSSR count). The second kappa shape index (κ2) is 5.67. The molecule has 1 atom stereocenters. The lowest BCUT2D eigenvalue weighted by Crippen LogP contribution is -2.46. The van der Waals surface area contributed by atoms with Crippen LogP contribution in [0.4, 0.5) is 0 Å². The zero-order chi connectivity index (χ0) is 14.8. The monoisotopic (exact) mass is 315 g/mol. The smallest absolute Gasteiger partial charge is 0.244 e. The number of aliphatic hydroxyl groups is 1. The number of sulfone groups is 1. The normalized spacial score (nSPS) is 25.1. The Labute approximate surface area is 122 Å². The van der Waals surface area contributed by atoms with Crippen molar-refractivity contribution in [1.29, 1.82) is 0 Å². The number of amides is 1. The fourth-order valence-corrected chi connectivity index (χ4v) is 5.06. The van der Waals surface area contributed by atoms with Gasteiger partial charge in [0.25, 0.3) is 0 Å². The van der Waals surface area contributed by atoms with E-state index in [1.807, 2.05) is 5.38 Å². The first kappa shape index (κ1) is 15.2. The van der Waals surface area contributed by atoms with Crippen LogP contribution in [0.1, 0.15) is 23.8 Å². The molecule has 1 aromatic rings. The molecule has 7 heteroatoms. The predicted octanol–water partition coefficient (Wildman–Crippen LogP) is 0.947. The summed E-state index contributed by atoms with van der Waals surface area (Å²) in [6.07, 6.45) is 3.50. The van der Waals surface area contributed by atoms with Crippen molar-refractivity contribution in [1.82, 2.24) is 5.32 Å². The molecule has 0 spiro atoms. The zero-order valence-corrected chi connectivity index (χ0v) is 12.8. The molecule has 1 fully saturated rings. The van der Waals surface area contributed by atoms with Crippen LogP contribution >= 0.6 is 11.3 Å². The van der Waals surface area contributed by atoms with Gasteiger partial charge >= 0.3 is 0 Å². The van der Waals surface area contributed by atoms with Crippen molar-refractivity contribution in [3.8, 4) is 0 Å². The summed E-state index contributed by atoms with van der Waals surface area (Å²) in [5.41, 5.74) is 0.135. The molecule has 0 aromatic carbocycles. The van der Waals surface area contributed by atoms with Crippen LogP contribution < -0.4 is 5.32 Å². The summed E-state index contributed by atoms with van der Waals surface area (Å²) < 4.78 is 22.9. The molecule has 1 amide bonds. The second-order valence-corrected chi connectivity index (χ2v) is 8.37. The Kier molecular flexibility index (Phi) is 4.31. The number of hydrogen-bond donors (Lipinski definition) is 2. The largest absolute Gasteiger partial charge is 0.392 e. The molecule has 110 valence electrons. The van der Waals surface area contributed by atoms with Crippen molar-refractivity contribution in [2.75, 3.05) is 11.5 Å². The molecule has 1 saturated heterocycles. The molecule has 0 saturated carbocycles. The van der Waals surface area contributed by atoms with Crippen LogP contribution in [0.2, 0.25) is 0 Å². The lowest BCUT2D eigenvalue weighted by molar-refractivity contribution is -0.117. The zero-order valence-electron chi connectivity index (χ0n) is 11.1. The summed E-state index contributed by atoms with van der Waals surface area (Å²) in [5.74, 6) is -0.186. The first-order chi connectivity index (χ1) is 9.32. The van der Waals surface area contributed by atoms with Crippen molar-refractivity contribution in [2.24, 2.45) is 0 Å². The van der Waals surface area contributed by atoms with Gasteiger partial charge in [-0.2, -0.15) is 0 Å². The highest BCUT2D eigenvalue weighted by molar-refractivity contribution is 7.91. The Hall–Kier alpha value is -1.18. The van der Waals surface area contributed by atoms with Gasteiger partial charge in [0.05, 0.1) is 23.7 Å². The number of thiophene rings is 1. The van der Waals surface area contributed by atoms with Gasteiger partial charge in [0.15, 0.2) is 9.84 Å². The van der Waals surface area contributed by atoms with Crippen molar-refractivity contribution >= 4 is 33.2 Å². The Morgan fingerprint density at radius 2 is 2.35 bits per heavy atom. The lowest BCUT2D eigenvalue weighted by Gasteiger charge is -2.22. The van der Waals surface area contributed by atoms with Gasteiger partial charge in [-0.1, -0.05) is 0 Å². The summed E-state index contributed by atoms with van der Waals surface area (Å²) in [4.78, 5) is 12.7. The van der Waals surface area contributed by atoms with Crippen molar-refractivity contribution in [3.05, 3.63) is 28.0 Å². The van der Waals surface area contributed by atoms with Crippen LogP contribution in [0.3, 0.4) is 0 Å². The van der Waals surface area contributed by atoms with Crippen molar-refractivity contribution in [3.63, 3.8) is 0 Å². The molecule has 0 aliphatic carbocycles. The van der Waals surface area contributed by atoms with Crippen molar-refractivity contribution < 1.29 is 18.3 Å². The molecule has 2 N–H and O–H groups in total. The molecule has 2 heterocycles. The van der Waals surface area contributed by atoms with Crippen LogP contribution in [-0.2, 0) is 21.2 Å². The van der Waals surface area contributed by atoms with E-state index >= 15 is 0 Å². The minimum absolute atomic E-state index is 0.00670. The van der Waals surface area contributed by atoms with Crippen LogP contribution in [-0.4, -0.2) is 36.5 Å². The minimum atomic E-state index is -3.03. The van der Waals surface area contributed by atoms with E-state index in [2.05, 4.69) is 5.32 Å². The van der Waals surface area contributed by atoms with Gasteiger partial charge in [-0.15, -0.1) is 11.3 Å². The van der Waals surface area contributed by atoms with Crippen LogP contribution in [0.25, 0.3) is 6.08 Å². The standard InChI is InChI=1S/C13H17NO4S2/c1-13(4-5-20(17,18)9-13)14-12(16)3-2-11-6-10(7-15)8-19-11/h2-3,6,8,15H,4-5,7,9H2,1H3,(H,14,16)/b3-2+. The van der Waals surface area contributed by atoms with E-state index in [1.165, 1.54) is 17.4 Å². The molecule has 1 aromatic heterocycles. The summed E-state index contributed by atoms with van der Waals surface area (Å²) in [6.45, 7) is 1.73. The quantitative estimate of drug-likeness (QED) is 0.810. The number of hydrogen-bond acceptors (Lipinski definition) is 5. The summed E-state index contributed by atoms with van der Waals surface area (Å²) in [7, 11) is -3.03. The average Bonchev–Trinajstić information content (AvgIpc) is 2.91. The lowest BCUT2D eigenvalue weighted by atomic mass is 10.0. The van der Waals surface area contributed by atoms with E-state index in [1.54, 1.807) is 19.1 Å². The number of nitrogens with one attached hydrogen (secondary N) is 1. The van der Waals surface area contributed by atoms with Gasteiger partial charge in [-0.25, -0.2) is 8.42 Å². The third kappa shape index (κ3) is 3.91. The summed E-state index contributed by atoms with van der Waals surface area (Å²) >= 11 is 1.44. The van der Waals surface area contributed by atoms with Crippen LogP contribution in [0, 0.1) is 0 Å².